The quantitative estimate of drug-likeness (QED) is 0.544. The van der Waals surface area contributed by atoms with Crippen LogP contribution in [0.4, 0.5) is 13.2 Å². The number of likely N-dealkylation sites (N-methyl/N-ethyl adjacent to an activating group) is 1. The highest BCUT2D eigenvalue weighted by Crippen LogP contribution is 2.29. The number of rotatable bonds is 7. The molecule has 180 valence electrons. The van der Waals surface area contributed by atoms with Crippen LogP contribution in [0.1, 0.15) is 0 Å². The first kappa shape index (κ1) is 26.0. The molecule has 0 saturated carbocycles. The Hall–Kier alpha value is -3.25. The summed E-state index contributed by atoms with van der Waals surface area (Å²) in [6.07, 6.45) is -3.52. The Morgan fingerprint density at radius 1 is 1.09 bits per heavy atom. The zero-order valence-electron chi connectivity index (χ0n) is 18.0. The summed E-state index contributed by atoms with van der Waals surface area (Å²) in [4.78, 5) is 11.1. The summed E-state index contributed by atoms with van der Waals surface area (Å²) >= 11 is 0. The molecule has 0 unspecified atom stereocenters. The third-order valence-electron chi connectivity index (χ3n) is 4.31. The molecule has 0 radical (unpaired) electrons. The molecule has 0 saturated heterocycles. The molecule has 3 rings (SSSR count). The van der Waals surface area contributed by atoms with Crippen molar-refractivity contribution in [2.45, 2.75) is 11.1 Å². The average molecular weight is 488 g/mol. The van der Waals surface area contributed by atoms with E-state index in [0.717, 1.165) is 11.9 Å². The molecule has 8 nitrogen and oxygen atoms in total. The molecule has 0 atom stereocenters. The van der Waals surface area contributed by atoms with Gasteiger partial charge in [0, 0.05) is 18.1 Å². The first-order chi connectivity index (χ1) is 15.4. The average Bonchev–Trinajstić information content (AvgIpc) is 3.19. The minimum atomic E-state index is -5.08. The van der Waals surface area contributed by atoms with Gasteiger partial charge in [0.15, 0.2) is 0 Å². The van der Waals surface area contributed by atoms with E-state index in [1.165, 1.54) is 16.1 Å². The van der Waals surface area contributed by atoms with Crippen molar-refractivity contribution in [1.29, 1.82) is 0 Å². The zero-order chi connectivity index (χ0) is 24.8. The summed E-state index contributed by atoms with van der Waals surface area (Å²) < 4.78 is 69.9. The van der Waals surface area contributed by atoms with Gasteiger partial charge in [0.05, 0.1) is 17.5 Å². The standard InChI is InChI=1S/C19H22N2O4S.C2HF3O2/c1-20(2)13-14-25-19-6-4-5-18-17(19)11-12-21(18)26(22,23)16-9-7-15(24-3)8-10-16;3-2(4,5)1(6)7/h4-12H,13-14H2,1-3H3;(H,6,7). The Balaban J connectivity index is 0.000000479. The second-order valence-electron chi connectivity index (χ2n) is 6.94. The minimum Gasteiger partial charge on any atom is -0.497 e. The Morgan fingerprint density at radius 2 is 1.70 bits per heavy atom. The van der Waals surface area contributed by atoms with Gasteiger partial charge in [-0.3, -0.25) is 0 Å². The summed E-state index contributed by atoms with van der Waals surface area (Å²) in [7, 11) is 1.79. The van der Waals surface area contributed by atoms with Gasteiger partial charge < -0.3 is 19.5 Å². The third-order valence-corrected chi connectivity index (χ3v) is 6.02. The largest absolute Gasteiger partial charge is 0.497 e. The maximum atomic E-state index is 13.0. The smallest absolute Gasteiger partial charge is 0.490 e. The number of aromatic nitrogens is 1. The molecular formula is C21H23F3N2O6S. The van der Waals surface area contributed by atoms with E-state index in [9.17, 15) is 21.6 Å². The second-order valence-corrected chi connectivity index (χ2v) is 8.75. The highest BCUT2D eigenvalue weighted by Gasteiger charge is 2.38. The van der Waals surface area contributed by atoms with Crippen molar-refractivity contribution in [3.63, 3.8) is 0 Å². The number of halogens is 3. The number of benzene rings is 2. The third kappa shape index (κ3) is 6.62. The van der Waals surface area contributed by atoms with E-state index in [1.807, 2.05) is 25.1 Å². The zero-order valence-corrected chi connectivity index (χ0v) is 18.9. The van der Waals surface area contributed by atoms with E-state index in [1.54, 1.807) is 43.6 Å². The number of carbonyl (C=O) groups is 1. The van der Waals surface area contributed by atoms with Crippen molar-refractivity contribution in [2.24, 2.45) is 0 Å². The SMILES string of the molecule is COc1ccc(S(=O)(=O)n2ccc3c(OCCN(C)C)cccc32)cc1.O=C(O)C(F)(F)F. The Labute approximate surface area is 188 Å². The molecule has 0 fully saturated rings. The fourth-order valence-electron chi connectivity index (χ4n) is 2.65. The summed E-state index contributed by atoms with van der Waals surface area (Å²) in [5.74, 6) is -1.47. The van der Waals surface area contributed by atoms with Crippen LogP contribution in [0.3, 0.4) is 0 Å². The van der Waals surface area contributed by atoms with Crippen LogP contribution in [0.15, 0.2) is 59.6 Å². The van der Waals surface area contributed by atoms with Crippen LogP contribution in [-0.2, 0) is 14.8 Å². The van der Waals surface area contributed by atoms with Crippen molar-refractivity contribution in [1.82, 2.24) is 8.87 Å². The van der Waals surface area contributed by atoms with Crippen LogP contribution in [0.2, 0.25) is 0 Å². The number of aliphatic carboxylic acids is 1. The van der Waals surface area contributed by atoms with Crippen LogP contribution < -0.4 is 9.47 Å². The van der Waals surface area contributed by atoms with Crippen LogP contribution in [0.5, 0.6) is 11.5 Å². The molecule has 3 aromatic rings. The second kappa shape index (κ2) is 10.6. The number of nitrogens with zero attached hydrogens (tertiary/aromatic N) is 2. The van der Waals surface area contributed by atoms with Gasteiger partial charge in [0.1, 0.15) is 18.1 Å². The van der Waals surface area contributed by atoms with Gasteiger partial charge in [-0.05, 0) is 56.6 Å². The van der Waals surface area contributed by atoms with Gasteiger partial charge in [-0.15, -0.1) is 0 Å². The molecule has 0 bridgehead atoms. The molecular weight excluding hydrogens is 465 g/mol. The number of methoxy groups -OCH3 is 1. The van der Waals surface area contributed by atoms with Crippen molar-refractivity contribution < 1.29 is 41.0 Å². The van der Waals surface area contributed by atoms with Crippen molar-refractivity contribution in [3.05, 3.63) is 54.7 Å². The number of alkyl halides is 3. The molecule has 1 heterocycles. The number of carboxylic acids is 1. The lowest BCUT2D eigenvalue weighted by Gasteiger charge is -2.12. The van der Waals surface area contributed by atoms with Gasteiger partial charge >= 0.3 is 12.1 Å². The molecule has 1 N–H and O–H groups in total. The van der Waals surface area contributed by atoms with E-state index in [0.29, 0.717) is 23.6 Å². The van der Waals surface area contributed by atoms with Crippen LogP contribution in [0.25, 0.3) is 10.9 Å². The monoisotopic (exact) mass is 488 g/mol. The Morgan fingerprint density at radius 3 is 2.21 bits per heavy atom. The maximum Gasteiger partial charge on any atom is 0.490 e. The highest BCUT2D eigenvalue weighted by molar-refractivity contribution is 7.90. The maximum absolute atomic E-state index is 13.0. The van der Waals surface area contributed by atoms with E-state index in [4.69, 9.17) is 19.4 Å². The minimum absolute atomic E-state index is 0.203. The molecule has 0 spiro atoms. The fourth-order valence-corrected chi connectivity index (χ4v) is 4.00. The molecule has 2 aromatic carbocycles. The predicted molar refractivity (Wildman–Crippen MR) is 115 cm³/mol. The van der Waals surface area contributed by atoms with Gasteiger partial charge in [0.2, 0.25) is 0 Å². The van der Waals surface area contributed by atoms with E-state index < -0.39 is 22.2 Å². The van der Waals surface area contributed by atoms with E-state index in [-0.39, 0.29) is 4.90 Å². The molecule has 0 amide bonds. The predicted octanol–water partition coefficient (Wildman–Crippen LogP) is 3.46. The lowest BCUT2D eigenvalue weighted by molar-refractivity contribution is -0.192. The van der Waals surface area contributed by atoms with Gasteiger partial charge in [-0.25, -0.2) is 17.2 Å². The Bertz CT molecular complexity index is 1190. The normalized spacial score (nSPS) is 11.7. The van der Waals surface area contributed by atoms with Crippen LogP contribution in [-0.4, -0.2) is 68.9 Å². The molecule has 1 aromatic heterocycles. The van der Waals surface area contributed by atoms with Gasteiger partial charge in [0.25, 0.3) is 10.0 Å². The summed E-state index contributed by atoms with van der Waals surface area (Å²) in [5, 5.41) is 7.89. The molecule has 33 heavy (non-hydrogen) atoms. The topological polar surface area (TPSA) is 98.1 Å². The molecule has 0 aliphatic carbocycles. The van der Waals surface area contributed by atoms with Crippen molar-refractivity contribution >= 4 is 26.9 Å². The number of fused-ring (bicyclic) bond motifs is 1. The highest BCUT2D eigenvalue weighted by atomic mass is 32.2. The van der Waals surface area contributed by atoms with Crippen LogP contribution >= 0.6 is 0 Å². The lowest BCUT2D eigenvalue weighted by Crippen LogP contribution is -2.21. The Kier molecular flexibility index (Phi) is 8.34. The molecule has 0 aliphatic rings. The number of hydrogen-bond acceptors (Lipinski definition) is 6. The number of ether oxygens (including phenoxy) is 2. The lowest BCUT2D eigenvalue weighted by atomic mass is 10.2. The first-order valence-corrected chi connectivity index (χ1v) is 10.9. The summed E-state index contributed by atoms with van der Waals surface area (Å²) in [6, 6.07) is 13.5. The van der Waals surface area contributed by atoms with Gasteiger partial charge in [-0.2, -0.15) is 13.2 Å². The fraction of sp³-hybridized carbons (Fsp3) is 0.286. The van der Waals surface area contributed by atoms with Gasteiger partial charge in [-0.1, -0.05) is 6.07 Å². The molecule has 12 heteroatoms. The number of carboxylic acid groups (broad SMARTS) is 1. The number of hydrogen-bond donors (Lipinski definition) is 1. The first-order valence-electron chi connectivity index (χ1n) is 9.45. The van der Waals surface area contributed by atoms with Crippen molar-refractivity contribution in [2.75, 3.05) is 34.4 Å². The van der Waals surface area contributed by atoms with E-state index >= 15 is 0 Å². The van der Waals surface area contributed by atoms with E-state index in [2.05, 4.69) is 0 Å². The molecule has 0 aliphatic heterocycles. The van der Waals surface area contributed by atoms with Crippen molar-refractivity contribution in [3.8, 4) is 11.5 Å². The van der Waals surface area contributed by atoms with Crippen LogP contribution in [0, 0.1) is 0 Å². The summed E-state index contributed by atoms with van der Waals surface area (Å²) in [6.45, 7) is 1.31. The summed E-state index contributed by atoms with van der Waals surface area (Å²) in [5.41, 5.74) is 0.586.